The Kier molecular flexibility index (Phi) is 2.10. The second-order valence-electron chi connectivity index (χ2n) is 2.99. The summed E-state index contributed by atoms with van der Waals surface area (Å²) in [4.78, 5) is 10.2. The van der Waals surface area contributed by atoms with Crippen molar-refractivity contribution in [1.29, 1.82) is 0 Å². The maximum atomic E-state index is 10.2. The Morgan fingerprint density at radius 3 is 2.90 bits per heavy atom. The Balaban J connectivity index is 2.51. The first-order chi connectivity index (χ1) is 4.68. The molecule has 1 aliphatic rings. The van der Waals surface area contributed by atoms with E-state index in [1.807, 2.05) is 0 Å². The third kappa shape index (κ3) is 1.87. The van der Waals surface area contributed by atoms with Gasteiger partial charge >= 0.3 is 5.97 Å². The Morgan fingerprint density at radius 2 is 2.50 bits per heavy atom. The van der Waals surface area contributed by atoms with Crippen LogP contribution in [0.1, 0.15) is 26.2 Å². The Hall–Kier alpha value is -0.790. The van der Waals surface area contributed by atoms with Crippen molar-refractivity contribution in [3.05, 3.63) is 11.6 Å². The van der Waals surface area contributed by atoms with Gasteiger partial charge in [0.2, 0.25) is 0 Å². The number of allylic oxidation sites excluding steroid dienone is 1. The topological polar surface area (TPSA) is 37.3 Å². The van der Waals surface area contributed by atoms with Gasteiger partial charge in [0.25, 0.3) is 0 Å². The van der Waals surface area contributed by atoms with Gasteiger partial charge in [-0.25, -0.2) is 4.79 Å². The molecule has 1 fully saturated rings. The number of carboxylic acid groups (broad SMARTS) is 1. The highest BCUT2D eigenvalue weighted by Crippen LogP contribution is 2.29. The van der Waals surface area contributed by atoms with Crippen LogP contribution in [0.2, 0.25) is 0 Å². The molecule has 1 N–H and O–H groups in total. The smallest absolute Gasteiger partial charge is 0.328 e. The summed E-state index contributed by atoms with van der Waals surface area (Å²) in [5.74, 6) is -0.116. The maximum Gasteiger partial charge on any atom is 0.328 e. The molecular formula is C8H12O2. The second kappa shape index (κ2) is 2.86. The molecule has 2 heteroatoms. The summed E-state index contributed by atoms with van der Waals surface area (Å²) in [6, 6.07) is 0. The fraction of sp³-hybridized carbons (Fsp3) is 0.625. The van der Waals surface area contributed by atoms with Crippen molar-refractivity contribution in [2.75, 3.05) is 0 Å². The van der Waals surface area contributed by atoms with Gasteiger partial charge in [0.15, 0.2) is 0 Å². The average molecular weight is 140 g/mol. The van der Waals surface area contributed by atoms with E-state index in [2.05, 4.69) is 6.92 Å². The zero-order chi connectivity index (χ0) is 7.56. The van der Waals surface area contributed by atoms with Gasteiger partial charge < -0.3 is 5.11 Å². The molecule has 0 spiro atoms. The summed E-state index contributed by atoms with van der Waals surface area (Å²) >= 11 is 0. The van der Waals surface area contributed by atoms with Crippen LogP contribution in [0.5, 0.6) is 0 Å². The Bertz CT molecular complexity index is 170. The van der Waals surface area contributed by atoms with Crippen LogP contribution in [-0.4, -0.2) is 11.1 Å². The van der Waals surface area contributed by atoms with E-state index in [-0.39, 0.29) is 0 Å². The first-order valence-corrected chi connectivity index (χ1v) is 3.61. The number of aliphatic carboxylic acids is 1. The van der Waals surface area contributed by atoms with Gasteiger partial charge in [-0.2, -0.15) is 0 Å². The first kappa shape index (κ1) is 7.32. The fourth-order valence-electron chi connectivity index (χ4n) is 1.39. The first-order valence-electron chi connectivity index (χ1n) is 3.61. The number of hydrogen-bond donors (Lipinski definition) is 1. The normalized spacial score (nSPS) is 29.3. The minimum atomic E-state index is -0.802. The van der Waals surface area contributed by atoms with Crippen LogP contribution in [0.3, 0.4) is 0 Å². The molecule has 0 bridgehead atoms. The predicted molar refractivity (Wildman–Crippen MR) is 38.7 cm³/mol. The molecule has 1 aliphatic carbocycles. The van der Waals surface area contributed by atoms with Gasteiger partial charge in [-0.15, -0.1) is 0 Å². The average Bonchev–Trinajstić information content (AvgIpc) is 2.13. The molecule has 2 nitrogen and oxygen atoms in total. The lowest BCUT2D eigenvalue weighted by atomic mass is 10.1. The van der Waals surface area contributed by atoms with Crippen molar-refractivity contribution in [2.45, 2.75) is 26.2 Å². The summed E-state index contributed by atoms with van der Waals surface area (Å²) < 4.78 is 0. The van der Waals surface area contributed by atoms with Crippen LogP contribution >= 0.6 is 0 Å². The monoisotopic (exact) mass is 140 g/mol. The highest BCUT2D eigenvalue weighted by atomic mass is 16.4. The van der Waals surface area contributed by atoms with E-state index in [0.717, 1.165) is 24.8 Å². The molecule has 0 aromatic rings. The van der Waals surface area contributed by atoms with E-state index in [1.165, 1.54) is 6.08 Å². The molecule has 1 rings (SSSR count). The van der Waals surface area contributed by atoms with Crippen molar-refractivity contribution in [3.8, 4) is 0 Å². The van der Waals surface area contributed by atoms with E-state index in [4.69, 9.17) is 5.11 Å². The van der Waals surface area contributed by atoms with Crippen molar-refractivity contribution >= 4 is 5.97 Å². The molecule has 0 radical (unpaired) electrons. The van der Waals surface area contributed by atoms with Crippen LogP contribution in [0, 0.1) is 5.92 Å². The lowest BCUT2D eigenvalue weighted by molar-refractivity contribution is -0.131. The molecule has 0 amide bonds. The van der Waals surface area contributed by atoms with E-state index >= 15 is 0 Å². The van der Waals surface area contributed by atoms with Crippen LogP contribution in [0.25, 0.3) is 0 Å². The molecule has 0 aliphatic heterocycles. The highest BCUT2D eigenvalue weighted by Gasteiger charge is 2.14. The molecule has 56 valence electrons. The molecule has 1 atom stereocenters. The number of carboxylic acids is 1. The third-order valence-corrected chi connectivity index (χ3v) is 1.90. The van der Waals surface area contributed by atoms with Crippen molar-refractivity contribution in [1.82, 2.24) is 0 Å². The summed E-state index contributed by atoms with van der Waals surface area (Å²) in [6.07, 6.45) is 4.46. The Morgan fingerprint density at radius 1 is 1.80 bits per heavy atom. The molecule has 0 unspecified atom stereocenters. The van der Waals surface area contributed by atoms with Crippen molar-refractivity contribution < 1.29 is 9.90 Å². The number of carbonyl (C=O) groups is 1. The Labute approximate surface area is 60.6 Å². The highest BCUT2D eigenvalue weighted by molar-refractivity contribution is 5.80. The number of hydrogen-bond acceptors (Lipinski definition) is 1. The van der Waals surface area contributed by atoms with Gasteiger partial charge in [-0.1, -0.05) is 12.5 Å². The molecular weight excluding hydrogens is 128 g/mol. The van der Waals surface area contributed by atoms with Crippen LogP contribution in [0.15, 0.2) is 11.6 Å². The van der Waals surface area contributed by atoms with Crippen LogP contribution in [0.4, 0.5) is 0 Å². The molecule has 1 saturated carbocycles. The quantitative estimate of drug-likeness (QED) is 0.564. The van der Waals surface area contributed by atoms with Gasteiger partial charge in [0, 0.05) is 6.08 Å². The molecule has 0 aromatic carbocycles. The molecule has 0 saturated heterocycles. The summed E-state index contributed by atoms with van der Waals surface area (Å²) in [5, 5.41) is 8.38. The van der Waals surface area contributed by atoms with E-state index in [0.29, 0.717) is 5.92 Å². The summed E-state index contributed by atoms with van der Waals surface area (Å²) in [7, 11) is 0. The molecule has 10 heavy (non-hydrogen) atoms. The minimum absolute atomic E-state index is 0.686. The zero-order valence-electron chi connectivity index (χ0n) is 6.13. The third-order valence-electron chi connectivity index (χ3n) is 1.90. The molecule has 0 heterocycles. The SMILES string of the molecule is C[C@@H]1CC/C(=C/C(=O)O)C1. The van der Waals surface area contributed by atoms with E-state index in [9.17, 15) is 4.79 Å². The van der Waals surface area contributed by atoms with E-state index in [1.54, 1.807) is 0 Å². The van der Waals surface area contributed by atoms with E-state index < -0.39 is 5.97 Å². The van der Waals surface area contributed by atoms with Gasteiger partial charge in [-0.05, 0) is 25.2 Å². The standard InChI is InChI=1S/C8H12O2/c1-6-2-3-7(4-6)5-8(9)10/h5-6H,2-4H2,1H3,(H,9,10)/b7-5-/t6-/m1/s1. The lowest BCUT2D eigenvalue weighted by Gasteiger charge is -1.93. The predicted octanol–water partition coefficient (Wildman–Crippen LogP) is 1.82. The zero-order valence-corrected chi connectivity index (χ0v) is 6.13. The van der Waals surface area contributed by atoms with Crippen molar-refractivity contribution in [3.63, 3.8) is 0 Å². The van der Waals surface area contributed by atoms with Crippen LogP contribution in [-0.2, 0) is 4.79 Å². The summed E-state index contributed by atoms with van der Waals surface area (Å²) in [6.45, 7) is 2.16. The molecule has 0 aromatic heterocycles. The van der Waals surface area contributed by atoms with Crippen LogP contribution < -0.4 is 0 Å². The van der Waals surface area contributed by atoms with Gasteiger partial charge in [0.1, 0.15) is 0 Å². The van der Waals surface area contributed by atoms with Crippen molar-refractivity contribution in [2.24, 2.45) is 5.92 Å². The second-order valence-corrected chi connectivity index (χ2v) is 2.99. The number of rotatable bonds is 1. The maximum absolute atomic E-state index is 10.2. The van der Waals surface area contributed by atoms with Gasteiger partial charge in [0.05, 0.1) is 0 Å². The minimum Gasteiger partial charge on any atom is -0.478 e. The fourth-order valence-corrected chi connectivity index (χ4v) is 1.39. The largest absolute Gasteiger partial charge is 0.478 e. The lowest BCUT2D eigenvalue weighted by Crippen LogP contribution is -1.89. The summed E-state index contributed by atoms with van der Waals surface area (Å²) in [5.41, 5.74) is 1.10. The van der Waals surface area contributed by atoms with Gasteiger partial charge in [-0.3, -0.25) is 0 Å².